The van der Waals surface area contributed by atoms with E-state index < -0.39 is 96.8 Å². The van der Waals surface area contributed by atoms with Crippen LogP contribution in [-0.4, -0.2) is 119 Å². The number of rotatable bonds is 10. The Morgan fingerprint density at radius 1 is 0.723 bits per heavy atom. The van der Waals surface area contributed by atoms with Crippen molar-refractivity contribution in [1.82, 2.24) is 15.0 Å². The van der Waals surface area contributed by atoms with Gasteiger partial charge in [0.2, 0.25) is 0 Å². The lowest BCUT2D eigenvalue weighted by Gasteiger charge is -2.44. The monoisotopic (exact) mass is 671 g/mol. The van der Waals surface area contributed by atoms with E-state index in [0.717, 1.165) is 20.8 Å². The zero-order valence-electron chi connectivity index (χ0n) is 27.4. The summed E-state index contributed by atoms with van der Waals surface area (Å²) >= 11 is 0. The summed E-state index contributed by atoms with van der Waals surface area (Å²) in [5, 5.41) is 8.28. The molecule has 0 aromatic carbocycles. The van der Waals surface area contributed by atoms with Gasteiger partial charge in [0.15, 0.2) is 42.4 Å². The van der Waals surface area contributed by atoms with Crippen molar-refractivity contribution in [3.8, 4) is 0 Å². The number of esters is 4. The molecule has 0 saturated carbocycles. The number of hydrogen-bond acceptors (Lipinski definition) is 17. The van der Waals surface area contributed by atoms with Crippen molar-refractivity contribution in [2.45, 2.75) is 135 Å². The van der Waals surface area contributed by atoms with E-state index in [0.29, 0.717) is 5.69 Å². The average molecular weight is 672 g/mol. The summed E-state index contributed by atoms with van der Waals surface area (Å²) < 4.78 is 65.3. The lowest BCUT2D eigenvalue weighted by molar-refractivity contribution is -0.270. The molecule has 0 amide bonds. The van der Waals surface area contributed by atoms with Gasteiger partial charge < -0.3 is 52.1 Å². The van der Waals surface area contributed by atoms with Gasteiger partial charge in [-0.3, -0.25) is 19.2 Å². The van der Waals surface area contributed by atoms with E-state index in [1.807, 2.05) is 13.8 Å². The van der Waals surface area contributed by atoms with E-state index >= 15 is 0 Å². The van der Waals surface area contributed by atoms with Crippen LogP contribution in [0.5, 0.6) is 0 Å². The Morgan fingerprint density at radius 2 is 1.32 bits per heavy atom. The summed E-state index contributed by atoms with van der Waals surface area (Å²) in [6.45, 7) is 11.5. The standard InChI is InChI=1S/C29H41N3O15/c1-13(33)38-12-19-20(39-14(2)34)22(40-15(3)35)24(41-16(4)36)26(42-19)32-9-17(30-31-32)10-37-11-18-21-23(45-28(5,6)44-21)25-27(43-18)47-29(7,8)46-25/h9,18-27H,10-12H2,1-8H3/t18-,19-,20-,21+,22+,23+,24-,25-,26-,27-/m1/s1. The molecule has 18 heteroatoms. The first-order chi connectivity index (χ1) is 22.0. The van der Waals surface area contributed by atoms with Crippen LogP contribution in [-0.2, 0) is 77.9 Å². The molecule has 1 aromatic heterocycles. The van der Waals surface area contributed by atoms with Crippen molar-refractivity contribution in [3.05, 3.63) is 11.9 Å². The van der Waals surface area contributed by atoms with Crippen LogP contribution in [0, 0.1) is 0 Å². The van der Waals surface area contributed by atoms with Crippen LogP contribution in [0.25, 0.3) is 0 Å². The van der Waals surface area contributed by atoms with Crippen molar-refractivity contribution in [2.75, 3.05) is 13.2 Å². The van der Waals surface area contributed by atoms with Gasteiger partial charge in [-0.2, -0.15) is 0 Å². The summed E-state index contributed by atoms with van der Waals surface area (Å²) in [6.07, 6.45) is -7.54. The summed E-state index contributed by atoms with van der Waals surface area (Å²) in [6, 6.07) is 0. The fourth-order valence-corrected chi connectivity index (χ4v) is 6.03. The SMILES string of the molecule is CC(=O)OC[C@H]1O[C@@H](n2cc(COC[C@H]3O[C@@H]4OC(C)(C)O[C@@H]4[C@H]4OC(C)(C)O[C@H]43)nn2)[C@H](OC(C)=O)[C@@H](OC(C)=O)[C@@H]1OC(C)=O. The van der Waals surface area contributed by atoms with Gasteiger partial charge in [-0.15, -0.1) is 5.10 Å². The highest BCUT2D eigenvalue weighted by atomic mass is 16.9. The van der Waals surface area contributed by atoms with Gasteiger partial charge in [-0.05, 0) is 27.7 Å². The summed E-state index contributed by atoms with van der Waals surface area (Å²) in [5.41, 5.74) is 0.355. The van der Waals surface area contributed by atoms with Crippen LogP contribution in [0.4, 0.5) is 0 Å². The number of nitrogens with zero attached hydrogens (tertiary/aromatic N) is 3. The van der Waals surface area contributed by atoms with Crippen LogP contribution < -0.4 is 0 Å². The van der Waals surface area contributed by atoms with Crippen LogP contribution in [0.2, 0.25) is 0 Å². The Labute approximate surface area is 270 Å². The molecule has 4 aliphatic rings. The third kappa shape index (κ3) is 8.25. The number of aromatic nitrogens is 3. The van der Waals surface area contributed by atoms with Crippen molar-refractivity contribution in [3.63, 3.8) is 0 Å². The molecule has 10 atom stereocenters. The van der Waals surface area contributed by atoms with Crippen LogP contribution in [0.3, 0.4) is 0 Å². The van der Waals surface area contributed by atoms with E-state index in [4.69, 9.17) is 52.1 Å². The first-order valence-corrected chi connectivity index (χ1v) is 15.2. The van der Waals surface area contributed by atoms with Crippen LogP contribution in [0.15, 0.2) is 6.20 Å². The topological polar surface area (TPSA) is 201 Å². The third-order valence-electron chi connectivity index (χ3n) is 7.57. The molecule has 0 radical (unpaired) electrons. The first-order valence-electron chi connectivity index (χ1n) is 15.2. The minimum atomic E-state index is -1.35. The third-order valence-corrected chi connectivity index (χ3v) is 7.57. The maximum absolute atomic E-state index is 12.2. The molecule has 4 aliphatic heterocycles. The molecular weight excluding hydrogens is 630 g/mol. The fourth-order valence-electron chi connectivity index (χ4n) is 6.03. The molecule has 1 aromatic rings. The lowest BCUT2D eigenvalue weighted by Crippen LogP contribution is -2.60. The van der Waals surface area contributed by atoms with Crippen molar-refractivity contribution in [1.29, 1.82) is 0 Å². The van der Waals surface area contributed by atoms with Gasteiger partial charge in [-0.1, -0.05) is 5.21 Å². The second-order valence-corrected chi connectivity index (χ2v) is 12.5. The van der Waals surface area contributed by atoms with Gasteiger partial charge in [0.05, 0.1) is 19.4 Å². The van der Waals surface area contributed by atoms with E-state index in [1.54, 1.807) is 13.8 Å². The normalized spacial score (nSPS) is 35.3. The molecule has 0 bridgehead atoms. The lowest BCUT2D eigenvalue weighted by atomic mass is 9.97. The minimum absolute atomic E-state index is 0.0241. The fraction of sp³-hybridized carbons (Fsp3) is 0.793. The zero-order valence-corrected chi connectivity index (χ0v) is 27.4. The predicted molar refractivity (Wildman–Crippen MR) is 149 cm³/mol. The van der Waals surface area contributed by atoms with E-state index in [-0.39, 0.29) is 19.8 Å². The Morgan fingerprint density at radius 3 is 1.98 bits per heavy atom. The Hall–Kier alpha value is -3.26. The quantitative estimate of drug-likeness (QED) is 0.245. The number of carbonyl (C=O) groups is 4. The summed E-state index contributed by atoms with van der Waals surface area (Å²) in [5.74, 6) is -4.58. The molecule has 5 rings (SSSR count). The molecule has 4 fully saturated rings. The van der Waals surface area contributed by atoms with E-state index in [1.165, 1.54) is 17.8 Å². The zero-order chi connectivity index (χ0) is 34.3. The molecular formula is C29H41N3O15. The second kappa shape index (κ2) is 13.7. The molecule has 47 heavy (non-hydrogen) atoms. The average Bonchev–Trinajstić information content (AvgIpc) is 3.63. The van der Waals surface area contributed by atoms with E-state index in [9.17, 15) is 19.2 Å². The van der Waals surface area contributed by atoms with Gasteiger partial charge in [0.25, 0.3) is 0 Å². The number of ether oxygens (including phenoxy) is 11. The summed E-state index contributed by atoms with van der Waals surface area (Å²) in [7, 11) is 0. The molecule has 0 spiro atoms. The Bertz CT molecular complexity index is 1330. The molecule has 4 saturated heterocycles. The van der Waals surface area contributed by atoms with Gasteiger partial charge in [0.1, 0.15) is 42.8 Å². The van der Waals surface area contributed by atoms with Crippen LogP contribution in [0.1, 0.15) is 67.3 Å². The van der Waals surface area contributed by atoms with Gasteiger partial charge >= 0.3 is 23.9 Å². The van der Waals surface area contributed by atoms with Crippen molar-refractivity contribution >= 4 is 23.9 Å². The second-order valence-electron chi connectivity index (χ2n) is 12.5. The number of fused-ring (bicyclic) bond motifs is 3. The van der Waals surface area contributed by atoms with Crippen molar-refractivity contribution in [2.24, 2.45) is 0 Å². The predicted octanol–water partition coefficient (Wildman–Crippen LogP) is 0.447. The van der Waals surface area contributed by atoms with Crippen LogP contribution >= 0.6 is 0 Å². The highest BCUT2D eigenvalue weighted by molar-refractivity contribution is 5.68. The van der Waals surface area contributed by atoms with Gasteiger partial charge in [-0.25, -0.2) is 4.68 Å². The Balaban J connectivity index is 1.31. The Kier molecular flexibility index (Phi) is 10.2. The highest BCUT2D eigenvalue weighted by Crippen LogP contribution is 2.44. The molecule has 5 heterocycles. The van der Waals surface area contributed by atoms with Gasteiger partial charge in [0, 0.05) is 27.7 Å². The first kappa shape index (κ1) is 35.1. The van der Waals surface area contributed by atoms with Crippen molar-refractivity contribution < 1.29 is 71.3 Å². The maximum atomic E-state index is 12.2. The molecule has 0 N–H and O–H groups in total. The largest absolute Gasteiger partial charge is 0.463 e. The molecule has 18 nitrogen and oxygen atoms in total. The molecule has 0 aliphatic carbocycles. The minimum Gasteiger partial charge on any atom is -0.463 e. The van der Waals surface area contributed by atoms with E-state index in [2.05, 4.69) is 10.3 Å². The smallest absolute Gasteiger partial charge is 0.303 e. The molecule has 262 valence electrons. The highest BCUT2D eigenvalue weighted by Gasteiger charge is 2.60. The maximum Gasteiger partial charge on any atom is 0.303 e. The summed E-state index contributed by atoms with van der Waals surface area (Å²) in [4.78, 5) is 47.9. The molecule has 0 unspecified atom stereocenters. The number of hydrogen-bond donors (Lipinski definition) is 0. The number of carbonyl (C=O) groups excluding carboxylic acids is 4.